The monoisotopic (exact) mass is 717 g/mol. The van der Waals surface area contributed by atoms with Gasteiger partial charge in [-0.3, -0.25) is 28.8 Å². The van der Waals surface area contributed by atoms with Crippen LogP contribution in [0.3, 0.4) is 0 Å². The lowest BCUT2D eigenvalue weighted by Gasteiger charge is -1.93. The minimum Gasteiger partial charge on any atom is -0.306 e. The molecule has 0 unspecified atom stereocenters. The molecule has 0 saturated carbocycles. The van der Waals surface area contributed by atoms with Gasteiger partial charge in [0.05, 0.1) is 0 Å². The Morgan fingerprint density at radius 2 is 0.426 bits per heavy atom. The van der Waals surface area contributed by atoms with Gasteiger partial charge in [-0.25, -0.2) is 15.0 Å². The van der Waals surface area contributed by atoms with Gasteiger partial charge in [0.2, 0.25) is 0 Å². The van der Waals surface area contributed by atoms with Crippen molar-refractivity contribution in [2.24, 2.45) is 0 Å². The molecule has 54 heavy (non-hydrogen) atoms. The van der Waals surface area contributed by atoms with Gasteiger partial charge in [0, 0.05) is 32.3 Å². The lowest BCUT2D eigenvalue weighted by Crippen LogP contribution is -2.08. The highest BCUT2D eigenvalue weighted by Gasteiger charge is 1.99. The van der Waals surface area contributed by atoms with E-state index >= 15 is 0 Å². The molecule has 15 nitrogen and oxygen atoms in total. The zero-order valence-corrected chi connectivity index (χ0v) is 27.9. The molecule has 0 amide bonds. The van der Waals surface area contributed by atoms with Crippen LogP contribution in [-0.2, 0) is 0 Å². The molecule has 0 radical (unpaired) electrons. The molecule has 0 spiro atoms. The molecule has 0 saturated heterocycles. The number of aromatic amines is 6. The molecule has 7 aromatic rings. The van der Waals surface area contributed by atoms with Crippen LogP contribution < -0.4 is 33.4 Å². The van der Waals surface area contributed by atoms with Gasteiger partial charge in [-0.1, -0.05) is 36.4 Å². The Bertz CT molecular complexity index is 2790. The number of aromatic nitrogens is 9. The Labute approximate surface area is 300 Å². The van der Waals surface area contributed by atoms with E-state index in [1.807, 2.05) is 0 Å². The lowest BCUT2D eigenvalue weighted by atomic mass is 10.2. The number of hydrogen-bond donors (Lipinski definition) is 6. The fourth-order valence-corrected chi connectivity index (χ4v) is 5.26. The Morgan fingerprint density at radius 1 is 0.259 bits per heavy atom. The first kappa shape index (κ1) is 34.4. The summed E-state index contributed by atoms with van der Waals surface area (Å²) in [5.74, 6) is 0. The molecule has 7 rings (SSSR count). The zero-order chi connectivity index (χ0) is 37.6. The number of nitrogens with one attached hydrogen (secondary N) is 6. The maximum absolute atomic E-state index is 13.2. The molecular weight excluding hydrogens is 690 g/mol. The number of fused-ring (bicyclic) bond motifs is 12. The van der Waals surface area contributed by atoms with Crippen LogP contribution in [0.15, 0.2) is 156 Å². The highest BCUT2D eigenvalue weighted by Crippen LogP contribution is 2.03. The second-order valence-corrected chi connectivity index (χ2v) is 11.7. The molecule has 6 N–H and O–H groups in total. The summed E-state index contributed by atoms with van der Waals surface area (Å²) in [7, 11) is 0. The van der Waals surface area contributed by atoms with Crippen LogP contribution in [0.2, 0.25) is 0 Å². The molecule has 3 aromatic carbocycles. The Morgan fingerprint density at radius 3 is 0.611 bits per heavy atom. The number of hydrogen-bond acceptors (Lipinski definition) is 9. The quantitative estimate of drug-likeness (QED) is 0.133. The van der Waals surface area contributed by atoms with Crippen molar-refractivity contribution in [3.05, 3.63) is 190 Å². The maximum Gasteiger partial charge on any atom is 0.256 e. The SMILES string of the molecule is O=c1[nH]c2cccc(n2)[nH]c(=O)c2cccc(c2)c(=O)[nH]c2cccc(n2)[nH]c(=O)c2cccc(c2)c(=O)[nH]c2cccc(n2)[nH]c(=O)c2cccc1c2. The Kier molecular flexibility index (Phi) is 9.58. The topological polar surface area (TPSA) is 236 Å². The molecular formula is C39H27N9O6. The summed E-state index contributed by atoms with van der Waals surface area (Å²) in [5, 5.41) is 0.919. The van der Waals surface area contributed by atoms with Gasteiger partial charge in [-0.2, -0.15) is 0 Å². The largest absolute Gasteiger partial charge is 0.306 e. The van der Waals surface area contributed by atoms with Gasteiger partial charge in [-0.05, 0) is 91.0 Å². The molecule has 0 fully saturated rings. The molecule has 15 heteroatoms. The second kappa shape index (κ2) is 15.0. The standard InChI is InChI=1S/C39H27N9O6/c49-34-22-7-1-8-23(19-22)35(50)44-29-14-5-16-31(41-29)46-37(52)25-10-3-12-27(21-25)39(54)48-33-18-6-17-32(42-33)47-38(53)26-11-2-9-24(20-26)36(51)45-30-15-4-13-28(40-30)43-34/h1-21H,(H2,40,43,45,49,51)(H2,41,44,46,50,52)(H2,42,47,48,53,54). The third-order valence-electron chi connectivity index (χ3n) is 7.86. The van der Waals surface area contributed by atoms with Gasteiger partial charge in [0.15, 0.2) is 0 Å². The summed E-state index contributed by atoms with van der Waals surface area (Å²) in [6.07, 6.45) is 0. The first-order valence-corrected chi connectivity index (χ1v) is 16.3. The van der Waals surface area contributed by atoms with Gasteiger partial charge in [-0.15, -0.1) is 0 Å². The predicted molar refractivity (Wildman–Crippen MR) is 208 cm³/mol. The predicted octanol–water partition coefficient (Wildman–Crippen LogP) is 3.98. The number of benzene rings is 3. The van der Waals surface area contributed by atoms with Crippen LogP contribution in [0.5, 0.6) is 0 Å². The number of nitrogens with zero attached hydrogens (tertiary/aromatic N) is 3. The van der Waals surface area contributed by atoms with Crippen molar-refractivity contribution in [1.29, 1.82) is 0 Å². The smallest absolute Gasteiger partial charge is 0.256 e. The molecule has 4 aromatic heterocycles. The van der Waals surface area contributed by atoms with E-state index in [-0.39, 0.29) is 66.2 Å². The highest BCUT2D eigenvalue weighted by molar-refractivity contribution is 5.68. The van der Waals surface area contributed by atoms with E-state index in [9.17, 15) is 28.8 Å². The van der Waals surface area contributed by atoms with Crippen LogP contribution in [0.1, 0.15) is 0 Å². The van der Waals surface area contributed by atoms with Gasteiger partial charge < -0.3 is 29.9 Å². The second-order valence-electron chi connectivity index (χ2n) is 11.7. The van der Waals surface area contributed by atoms with Gasteiger partial charge >= 0.3 is 0 Å². The van der Waals surface area contributed by atoms with Crippen LogP contribution >= 0.6 is 0 Å². The average Bonchev–Trinajstić information content (AvgIpc) is 3.18. The van der Waals surface area contributed by atoms with E-state index < -0.39 is 33.4 Å². The van der Waals surface area contributed by atoms with Crippen LogP contribution in [0.25, 0.3) is 66.2 Å². The molecule has 0 aliphatic heterocycles. The molecule has 0 atom stereocenters. The third-order valence-corrected chi connectivity index (χ3v) is 7.86. The fraction of sp³-hybridized carbons (Fsp3) is 0. The minimum atomic E-state index is -0.566. The van der Waals surface area contributed by atoms with Crippen molar-refractivity contribution >= 4 is 66.2 Å². The van der Waals surface area contributed by atoms with Crippen LogP contribution in [-0.4, -0.2) is 44.9 Å². The Hall–Kier alpha value is -8.07. The van der Waals surface area contributed by atoms with E-state index in [1.54, 1.807) is 18.2 Å². The van der Waals surface area contributed by atoms with Gasteiger partial charge in [0.25, 0.3) is 33.4 Å². The zero-order valence-electron chi connectivity index (χ0n) is 27.9. The minimum absolute atomic E-state index is 0.126. The van der Waals surface area contributed by atoms with Crippen molar-refractivity contribution in [3.63, 3.8) is 0 Å². The fourth-order valence-electron chi connectivity index (χ4n) is 5.26. The van der Waals surface area contributed by atoms with E-state index in [2.05, 4.69) is 44.9 Å². The lowest BCUT2D eigenvalue weighted by molar-refractivity contribution is 1.21. The van der Waals surface area contributed by atoms with Crippen molar-refractivity contribution in [2.45, 2.75) is 0 Å². The van der Waals surface area contributed by atoms with E-state index in [0.29, 0.717) is 0 Å². The van der Waals surface area contributed by atoms with Crippen molar-refractivity contribution in [2.75, 3.05) is 0 Å². The summed E-state index contributed by atoms with van der Waals surface area (Å²) < 4.78 is 0. The Balaban J connectivity index is 1.52. The summed E-state index contributed by atoms with van der Waals surface area (Å²) in [4.78, 5) is 108. The van der Waals surface area contributed by atoms with Crippen molar-refractivity contribution in [3.8, 4) is 0 Å². The van der Waals surface area contributed by atoms with Crippen molar-refractivity contribution in [1.82, 2.24) is 44.9 Å². The van der Waals surface area contributed by atoms with Gasteiger partial charge in [0.1, 0.15) is 33.9 Å². The maximum atomic E-state index is 13.2. The highest BCUT2D eigenvalue weighted by atomic mass is 16.1. The summed E-state index contributed by atoms with van der Waals surface area (Å²) in [6.45, 7) is 0. The van der Waals surface area contributed by atoms with Crippen LogP contribution in [0.4, 0.5) is 0 Å². The number of rotatable bonds is 0. The summed E-state index contributed by atoms with van der Waals surface area (Å²) in [5.41, 5.74) is -2.64. The van der Waals surface area contributed by atoms with E-state index in [4.69, 9.17) is 0 Å². The third kappa shape index (κ3) is 8.11. The molecule has 264 valence electrons. The summed E-state index contributed by atoms with van der Waals surface area (Å²) >= 11 is 0. The molecule has 0 aliphatic carbocycles. The first-order valence-electron chi connectivity index (χ1n) is 16.3. The van der Waals surface area contributed by atoms with Crippen molar-refractivity contribution < 1.29 is 0 Å². The summed E-state index contributed by atoms with van der Waals surface area (Å²) in [6, 6.07) is 31.8. The normalized spacial score (nSPS) is 10.7. The molecule has 0 aliphatic rings. The van der Waals surface area contributed by atoms with E-state index in [1.165, 1.54) is 109 Å². The van der Waals surface area contributed by atoms with E-state index in [0.717, 1.165) is 0 Å². The number of pyridine rings is 3. The average molecular weight is 718 g/mol. The van der Waals surface area contributed by atoms with Crippen LogP contribution in [0, 0.1) is 0 Å². The molecule has 12 bridgehead atoms. The number of H-pyrrole nitrogens is 6. The molecule has 4 heterocycles. The first-order chi connectivity index (χ1) is 26.2.